The van der Waals surface area contributed by atoms with Gasteiger partial charge in [0, 0.05) is 10.6 Å². The number of carbonyl (C=O) groups excluding carboxylic acids is 1. The molecule has 0 fully saturated rings. The Labute approximate surface area is 193 Å². The third-order valence-corrected chi connectivity index (χ3v) is 5.39. The predicted octanol–water partition coefficient (Wildman–Crippen LogP) is 5.46. The van der Waals surface area contributed by atoms with Crippen LogP contribution in [0.5, 0.6) is 5.75 Å². The number of alkyl halides is 2. The highest BCUT2D eigenvalue weighted by molar-refractivity contribution is 6.31. The topological polar surface area (TPSA) is 66.2 Å². The molecule has 4 aromatic rings. The molecule has 0 spiro atoms. The van der Waals surface area contributed by atoms with Crippen molar-refractivity contribution in [2.45, 2.75) is 19.4 Å². The van der Waals surface area contributed by atoms with Crippen LogP contribution in [-0.2, 0) is 17.2 Å². The van der Waals surface area contributed by atoms with Crippen LogP contribution in [-0.4, -0.2) is 34.7 Å². The quantitative estimate of drug-likeness (QED) is 0.335. The maximum Gasteiger partial charge on any atom is 0.361 e. The summed E-state index contributed by atoms with van der Waals surface area (Å²) in [6.45, 7) is 1.59. The minimum absolute atomic E-state index is 0.0198. The van der Waals surface area contributed by atoms with Crippen LogP contribution in [0.1, 0.15) is 34.2 Å². The Morgan fingerprint density at radius 1 is 1.06 bits per heavy atom. The molecular formula is C24H20ClF2N3O3. The van der Waals surface area contributed by atoms with E-state index in [1.54, 1.807) is 55.5 Å². The molecule has 0 saturated carbocycles. The van der Waals surface area contributed by atoms with Crippen molar-refractivity contribution in [3.8, 4) is 5.75 Å². The SMILES string of the molecule is CCOC(=O)c1nnn(Cc2ccc(OC)cc2)c1C(F)(F)c1ccc2cc(Cl)ccc2c1. The Kier molecular flexibility index (Phi) is 6.29. The van der Waals surface area contributed by atoms with Crippen molar-refractivity contribution in [1.29, 1.82) is 0 Å². The van der Waals surface area contributed by atoms with Crippen LogP contribution >= 0.6 is 11.6 Å². The smallest absolute Gasteiger partial charge is 0.361 e. The molecule has 1 heterocycles. The molecule has 0 bridgehead atoms. The second kappa shape index (κ2) is 9.15. The van der Waals surface area contributed by atoms with Crippen molar-refractivity contribution in [2.75, 3.05) is 13.7 Å². The molecule has 9 heteroatoms. The summed E-state index contributed by atoms with van der Waals surface area (Å²) in [5.41, 5.74) is -0.779. The molecular weight excluding hydrogens is 452 g/mol. The highest BCUT2D eigenvalue weighted by Gasteiger charge is 2.43. The summed E-state index contributed by atoms with van der Waals surface area (Å²) in [5.74, 6) is -3.90. The third kappa shape index (κ3) is 4.52. The summed E-state index contributed by atoms with van der Waals surface area (Å²) < 4.78 is 43.0. The summed E-state index contributed by atoms with van der Waals surface area (Å²) in [6, 6.07) is 16.1. The van der Waals surface area contributed by atoms with E-state index in [4.69, 9.17) is 21.1 Å². The lowest BCUT2D eigenvalue weighted by atomic mass is 9.99. The lowest BCUT2D eigenvalue weighted by Crippen LogP contribution is -2.25. The molecule has 0 aliphatic carbocycles. The van der Waals surface area contributed by atoms with Gasteiger partial charge in [-0.15, -0.1) is 5.10 Å². The Balaban J connectivity index is 1.81. The molecule has 0 unspecified atom stereocenters. The molecule has 6 nitrogen and oxygen atoms in total. The van der Waals surface area contributed by atoms with E-state index < -0.39 is 23.3 Å². The van der Waals surface area contributed by atoms with Crippen LogP contribution < -0.4 is 4.74 Å². The largest absolute Gasteiger partial charge is 0.497 e. The Bertz CT molecular complexity index is 1310. The number of ether oxygens (including phenoxy) is 2. The van der Waals surface area contributed by atoms with Gasteiger partial charge in [0.25, 0.3) is 0 Å². The molecule has 0 N–H and O–H groups in total. The standard InChI is InChI=1S/C24H20ClF2N3O3/c1-3-33-23(31)21-22(30(29-28-21)14-15-4-10-20(32-2)11-5-15)24(26,27)18-8-6-17-13-19(25)9-7-16(17)12-18/h4-13H,3,14H2,1-2H3. The average Bonchev–Trinajstić information content (AvgIpc) is 3.24. The number of aromatic nitrogens is 3. The van der Waals surface area contributed by atoms with Gasteiger partial charge in [0.05, 0.1) is 20.3 Å². The van der Waals surface area contributed by atoms with Crippen LogP contribution in [0.4, 0.5) is 8.78 Å². The van der Waals surface area contributed by atoms with Gasteiger partial charge in [-0.25, -0.2) is 9.48 Å². The van der Waals surface area contributed by atoms with Crippen LogP contribution in [0.25, 0.3) is 10.8 Å². The number of fused-ring (bicyclic) bond motifs is 1. The molecule has 0 aliphatic heterocycles. The minimum Gasteiger partial charge on any atom is -0.497 e. The van der Waals surface area contributed by atoms with E-state index in [9.17, 15) is 4.79 Å². The number of nitrogens with zero attached hydrogens (tertiary/aromatic N) is 3. The Hall–Kier alpha value is -3.52. The number of halogens is 3. The van der Waals surface area contributed by atoms with Gasteiger partial charge in [-0.2, -0.15) is 8.78 Å². The zero-order valence-corrected chi connectivity index (χ0v) is 18.6. The minimum atomic E-state index is -3.58. The highest BCUT2D eigenvalue weighted by atomic mass is 35.5. The maximum absolute atomic E-state index is 15.9. The fourth-order valence-corrected chi connectivity index (χ4v) is 3.70. The van der Waals surface area contributed by atoms with E-state index in [2.05, 4.69) is 10.3 Å². The Morgan fingerprint density at radius 3 is 2.45 bits per heavy atom. The molecule has 0 atom stereocenters. The third-order valence-electron chi connectivity index (χ3n) is 5.16. The number of rotatable bonds is 7. The zero-order valence-electron chi connectivity index (χ0n) is 17.9. The zero-order chi connectivity index (χ0) is 23.6. The van der Waals surface area contributed by atoms with Gasteiger partial charge in [-0.3, -0.25) is 0 Å². The summed E-state index contributed by atoms with van der Waals surface area (Å²) in [5, 5.41) is 9.42. The summed E-state index contributed by atoms with van der Waals surface area (Å²) >= 11 is 6.00. The number of hydrogen-bond acceptors (Lipinski definition) is 5. The van der Waals surface area contributed by atoms with Gasteiger partial charge in [0.15, 0.2) is 5.69 Å². The van der Waals surface area contributed by atoms with Crippen molar-refractivity contribution in [3.63, 3.8) is 0 Å². The van der Waals surface area contributed by atoms with Crippen molar-refractivity contribution < 1.29 is 23.0 Å². The first-order valence-corrected chi connectivity index (χ1v) is 10.5. The van der Waals surface area contributed by atoms with Gasteiger partial charge in [0.1, 0.15) is 11.4 Å². The van der Waals surface area contributed by atoms with E-state index >= 15 is 8.78 Å². The van der Waals surface area contributed by atoms with Crippen molar-refractivity contribution in [3.05, 3.63) is 88.2 Å². The molecule has 0 saturated heterocycles. The monoisotopic (exact) mass is 471 g/mol. The molecule has 0 aliphatic rings. The number of methoxy groups -OCH3 is 1. The van der Waals surface area contributed by atoms with Crippen molar-refractivity contribution in [1.82, 2.24) is 15.0 Å². The summed E-state index contributed by atoms with van der Waals surface area (Å²) in [6.07, 6.45) is 0. The van der Waals surface area contributed by atoms with Crippen LogP contribution in [0, 0.1) is 0 Å². The van der Waals surface area contributed by atoms with E-state index in [0.29, 0.717) is 21.7 Å². The fourth-order valence-electron chi connectivity index (χ4n) is 3.52. The number of hydrogen-bond donors (Lipinski definition) is 0. The first-order chi connectivity index (χ1) is 15.8. The average molecular weight is 472 g/mol. The first-order valence-electron chi connectivity index (χ1n) is 10.1. The van der Waals surface area contributed by atoms with Gasteiger partial charge in [-0.05, 0) is 53.6 Å². The first kappa shape index (κ1) is 22.7. The van der Waals surface area contributed by atoms with Gasteiger partial charge in [0.2, 0.25) is 0 Å². The van der Waals surface area contributed by atoms with Gasteiger partial charge < -0.3 is 9.47 Å². The van der Waals surface area contributed by atoms with E-state index in [-0.39, 0.29) is 18.7 Å². The van der Waals surface area contributed by atoms with Gasteiger partial charge >= 0.3 is 11.9 Å². The number of carbonyl (C=O) groups is 1. The van der Waals surface area contributed by atoms with E-state index in [1.165, 1.54) is 19.2 Å². The number of esters is 1. The van der Waals surface area contributed by atoms with Crippen molar-refractivity contribution >= 4 is 28.3 Å². The van der Waals surface area contributed by atoms with Gasteiger partial charge in [-0.1, -0.05) is 47.1 Å². The molecule has 1 aromatic heterocycles. The van der Waals surface area contributed by atoms with E-state index in [1.807, 2.05) is 0 Å². The normalized spacial score (nSPS) is 11.5. The van der Waals surface area contributed by atoms with Crippen LogP contribution in [0.3, 0.4) is 0 Å². The lowest BCUT2D eigenvalue weighted by Gasteiger charge is -2.19. The second-order valence-corrected chi connectivity index (χ2v) is 7.73. The highest BCUT2D eigenvalue weighted by Crippen LogP contribution is 2.39. The van der Waals surface area contributed by atoms with Crippen LogP contribution in [0.15, 0.2) is 60.7 Å². The fraction of sp³-hybridized carbons (Fsp3) is 0.208. The summed E-state index contributed by atoms with van der Waals surface area (Å²) in [4.78, 5) is 12.4. The Morgan fingerprint density at radius 2 is 1.76 bits per heavy atom. The second-order valence-electron chi connectivity index (χ2n) is 7.29. The van der Waals surface area contributed by atoms with Crippen LogP contribution in [0.2, 0.25) is 5.02 Å². The molecule has 33 heavy (non-hydrogen) atoms. The predicted molar refractivity (Wildman–Crippen MR) is 120 cm³/mol. The number of benzene rings is 3. The molecule has 0 amide bonds. The van der Waals surface area contributed by atoms with E-state index in [0.717, 1.165) is 10.1 Å². The molecule has 4 rings (SSSR count). The summed E-state index contributed by atoms with van der Waals surface area (Å²) in [7, 11) is 1.54. The van der Waals surface area contributed by atoms with Crippen molar-refractivity contribution in [2.24, 2.45) is 0 Å². The maximum atomic E-state index is 15.9. The molecule has 170 valence electrons. The lowest BCUT2D eigenvalue weighted by molar-refractivity contribution is 0.0281. The molecule has 0 radical (unpaired) electrons. The molecule has 3 aromatic carbocycles.